The molecule has 1 aliphatic rings. The van der Waals surface area contributed by atoms with E-state index in [1.807, 2.05) is 30.5 Å². The first-order chi connectivity index (χ1) is 10.2. The summed E-state index contributed by atoms with van der Waals surface area (Å²) in [5.41, 5.74) is 7.52. The highest BCUT2D eigenvalue weighted by atomic mass is 16.2. The van der Waals surface area contributed by atoms with Gasteiger partial charge < -0.3 is 16.0 Å². The Morgan fingerprint density at radius 1 is 1.19 bits per heavy atom. The van der Waals surface area contributed by atoms with Crippen LogP contribution in [0.1, 0.15) is 38.5 Å². The molecule has 1 aliphatic carbocycles. The van der Waals surface area contributed by atoms with E-state index >= 15 is 0 Å². The first kappa shape index (κ1) is 14.1. The lowest BCUT2D eigenvalue weighted by molar-refractivity contribution is -0.125. The summed E-state index contributed by atoms with van der Waals surface area (Å²) in [4.78, 5) is 15.9. The highest BCUT2D eigenvalue weighted by molar-refractivity contribution is 5.97. The van der Waals surface area contributed by atoms with E-state index in [2.05, 4.69) is 10.3 Å². The second-order valence-corrected chi connectivity index (χ2v) is 6.13. The van der Waals surface area contributed by atoms with E-state index in [1.54, 1.807) is 0 Å². The Labute approximate surface area is 125 Å². The van der Waals surface area contributed by atoms with Crippen molar-refractivity contribution in [3.63, 3.8) is 0 Å². The third-order valence-corrected chi connectivity index (χ3v) is 4.74. The summed E-state index contributed by atoms with van der Waals surface area (Å²) >= 11 is 0. The lowest BCUT2D eigenvalue weighted by Gasteiger charge is -2.29. The van der Waals surface area contributed by atoms with Crippen molar-refractivity contribution in [3.8, 4) is 0 Å². The summed E-state index contributed by atoms with van der Waals surface area (Å²) in [5.74, 6) is 0.0850. The van der Waals surface area contributed by atoms with E-state index in [1.165, 1.54) is 12.8 Å². The minimum atomic E-state index is -0.385. The molecule has 0 atom stereocenters. The van der Waals surface area contributed by atoms with Crippen molar-refractivity contribution in [3.05, 3.63) is 30.5 Å². The van der Waals surface area contributed by atoms with Crippen LogP contribution in [0.4, 0.5) is 5.69 Å². The lowest BCUT2D eigenvalue weighted by Crippen LogP contribution is -2.42. The SMILES string of the molecule is NCC1(C(=O)Nc2ccc3[nH]ccc3c2)CCCCCC1. The van der Waals surface area contributed by atoms with Gasteiger partial charge in [-0.2, -0.15) is 0 Å². The quantitative estimate of drug-likeness (QED) is 0.756. The first-order valence-corrected chi connectivity index (χ1v) is 7.82. The van der Waals surface area contributed by atoms with Crippen LogP contribution in [-0.4, -0.2) is 17.4 Å². The number of aromatic nitrogens is 1. The van der Waals surface area contributed by atoms with Crippen molar-refractivity contribution >= 4 is 22.5 Å². The van der Waals surface area contributed by atoms with E-state index in [4.69, 9.17) is 5.73 Å². The average Bonchev–Trinajstić information content (AvgIpc) is 2.82. The maximum absolute atomic E-state index is 12.7. The van der Waals surface area contributed by atoms with Crippen LogP contribution in [0.5, 0.6) is 0 Å². The van der Waals surface area contributed by atoms with Gasteiger partial charge in [0.15, 0.2) is 0 Å². The summed E-state index contributed by atoms with van der Waals surface area (Å²) in [6.45, 7) is 0.436. The number of aromatic amines is 1. The third-order valence-electron chi connectivity index (χ3n) is 4.74. The molecule has 1 amide bonds. The Bertz CT molecular complexity index is 624. The van der Waals surface area contributed by atoms with E-state index in [-0.39, 0.29) is 11.3 Å². The maximum atomic E-state index is 12.7. The molecule has 0 bridgehead atoms. The standard InChI is InChI=1S/C17H23N3O/c18-12-17(8-3-1-2-4-9-17)16(21)20-14-5-6-15-13(11-14)7-10-19-15/h5-7,10-11,19H,1-4,8-9,12,18H2,(H,20,21). The number of amides is 1. The largest absolute Gasteiger partial charge is 0.361 e. The Balaban J connectivity index is 1.79. The van der Waals surface area contributed by atoms with Crippen molar-refractivity contribution in [2.24, 2.45) is 11.1 Å². The van der Waals surface area contributed by atoms with Gasteiger partial charge >= 0.3 is 0 Å². The van der Waals surface area contributed by atoms with Gasteiger partial charge in [0.05, 0.1) is 5.41 Å². The normalized spacial score (nSPS) is 18.3. The summed E-state index contributed by atoms with van der Waals surface area (Å²) in [5, 5.41) is 4.19. The summed E-state index contributed by atoms with van der Waals surface area (Å²) in [6.07, 6.45) is 8.34. The van der Waals surface area contributed by atoms with Gasteiger partial charge in [-0.05, 0) is 37.1 Å². The molecule has 3 rings (SSSR count). The molecule has 0 saturated heterocycles. The molecule has 1 saturated carbocycles. The van der Waals surface area contributed by atoms with Gasteiger partial charge in [-0.3, -0.25) is 4.79 Å². The number of hydrogen-bond acceptors (Lipinski definition) is 2. The number of carbonyl (C=O) groups is 1. The zero-order chi connectivity index (χ0) is 14.7. The van der Waals surface area contributed by atoms with Gasteiger partial charge in [-0.1, -0.05) is 25.7 Å². The van der Waals surface area contributed by atoms with Gasteiger partial charge in [-0.25, -0.2) is 0 Å². The number of nitrogens with two attached hydrogens (primary N) is 1. The monoisotopic (exact) mass is 285 g/mol. The van der Waals surface area contributed by atoms with Crippen molar-refractivity contribution < 1.29 is 4.79 Å². The number of H-pyrrole nitrogens is 1. The molecule has 0 unspecified atom stereocenters. The number of anilines is 1. The average molecular weight is 285 g/mol. The van der Waals surface area contributed by atoms with E-state index < -0.39 is 0 Å². The highest BCUT2D eigenvalue weighted by Crippen LogP contribution is 2.35. The fraction of sp³-hybridized carbons (Fsp3) is 0.471. The van der Waals surface area contributed by atoms with Crippen molar-refractivity contribution in [1.82, 2.24) is 4.98 Å². The lowest BCUT2D eigenvalue weighted by atomic mass is 9.79. The van der Waals surface area contributed by atoms with Crippen LogP contribution in [0.2, 0.25) is 0 Å². The fourth-order valence-electron chi connectivity index (χ4n) is 3.32. The molecular weight excluding hydrogens is 262 g/mol. The van der Waals surface area contributed by atoms with Crippen LogP contribution in [0, 0.1) is 5.41 Å². The van der Waals surface area contributed by atoms with Gasteiger partial charge in [0.25, 0.3) is 0 Å². The van der Waals surface area contributed by atoms with Crippen LogP contribution >= 0.6 is 0 Å². The summed E-state index contributed by atoms with van der Waals surface area (Å²) in [7, 11) is 0. The minimum absolute atomic E-state index is 0.0850. The number of hydrogen-bond donors (Lipinski definition) is 3. The Morgan fingerprint density at radius 3 is 2.67 bits per heavy atom. The van der Waals surface area contributed by atoms with Crippen LogP contribution in [0.25, 0.3) is 10.9 Å². The van der Waals surface area contributed by atoms with Crippen LogP contribution in [-0.2, 0) is 4.79 Å². The minimum Gasteiger partial charge on any atom is -0.361 e. The van der Waals surface area contributed by atoms with Gasteiger partial charge in [0, 0.05) is 29.3 Å². The highest BCUT2D eigenvalue weighted by Gasteiger charge is 2.37. The van der Waals surface area contributed by atoms with Crippen molar-refractivity contribution in [2.75, 3.05) is 11.9 Å². The molecule has 1 fully saturated rings. The van der Waals surface area contributed by atoms with Crippen LogP contribution < -0.4 is 11.1 Å². The molecule has 1 aromatic heterocycles. The van der Waals surface area contributed by atoms with E-state index in [9.17, 15) is 4.79 Å². The maximum Gasteiger partial charge on any atom is 0.231 e. The molecule has 21 heavy (non-hydrogen) atoms. The topological polar surface area (TPSA) is 70.9 Å². The van der Waals surface area contributed by atoms with E-state index in [0.717, 1.165) is 42.3 Å². The fourth-order valence-corrected chi connectivity index (χ4v) is 3.32. The molecule has 0 radical (unpaired) electrons. The molecule has 1 heterocycles. The van der Waals surface area contributed by atoms with Crippen molar-refractivity contribution in [2.45, 2.75) is 38.5 Å². The smallest absolute Gasteiger partial charge is 0.231 e. The second kappa shape index (κ2) is 5.90. The van der Waals surface area contributed by atoms with Gasteiger partial charge in [0.1, 0.15) is 0 Å². The number of fused-ring (bicyclic) bond motifs is 1. The molecule has 4 nitrogen and oxygen atoms in total. The molecule has 2 aromatic rings. The van der Waals surface area contributed by atoms with Crippen molar-refractivity contribution in [1.29, 1.82) is 0 Å². The summed E-state index contributed by atoms with van der Waals surface area (Å²) in [6, 6.07) is 7.95. The predicted octanol–water partition coefficient (Wildman–Crippen LogP) is 3.41. The van der Waals surface area contributed by atoms with E-state index in [0.29, 0.717) is 6.54 Å². The number of carbonyl (C=O) groups excluding carboxylic acids is 1. The molecule has 112 valence electrons. The second-order valence-electron chi connectivity index (χ2n) is 6.13. The predicted molar refractivity (Wildman–Crippen MR) is 86.1 cm³/mol. The zero-order valence-corrected chi connectivity index (χ0v) is 12.3. The Hall–Kier alpha value is -1.81. The Kier molecular flexibility index (Phi) is 3.97. The molecular formula is C17H23N3O. The molecule has 0 aliphatic heterocycles. The Morgan fingerprint density at radius 2 is 1.95 bits per heavy atom. The zero-order valence-electron chi connectivity index (χ0n) is 12.3. The van der Waals surface area contributed by atoms with Gasteiger partial charge in [-0.15, -0.1) is 0 Å². The molecule has 4 heteroatoms. The van der Waals surface area contributed by atoms with Crippen LogP contribution in [0.15, 0.2) is 30.5 Å². The molecule has 4 N–H and O–H groups in total. The molecule has 1 aromatic carbocycles. The van der Waals surface area contributed by atoms with Crippen LogP contribution in [0.3, 0.4) is 0 Å². The number of rotatable bonds is 3. The third kappa shape index (κ3) is 2.81. The number of benzene rings is 1. The van der Waals surface area contributed by atoms with Gasteiger partial charge in [0.2, 0.25) is 5.91 Å². The summed E-state index contributed by atoms with van der Waals surface area (Å²) < 4.78 is 0. The molecule has 0 spiro atoms. The number of nitrogens with one attached hydrogen (secondary N) is 2. The first-order valence-electron chi connectivity index (χ1n) is 7.82.